The molecule has 0 spiro atoms. The number of nitrogens with zero attached hydrogens (tertiary/aromatic N) is 1. The highest BCUT2D eigenvalue weighted by Crippen LogP contribution is 2.40. The van der Waals surface area contributed by atoms with Crippen LogP contribution in [0, 0.1) is 0 Å². The Morgan fingerprint density at radius 1 is 1.17 bits per heavy atom. The number of likely N-dealkylation sites (N-methyl/N-ethyl adjacent to an activating group) is 1. The van der Waals surface area contributed by atoms with Crippen LogP contribution < -0.4 is 4.74 Å². The average molecular weight is 321 g/mol. The van der Waals surface area contributed by atoms with E-state index in [1.54, 1.807) is 7.11 Å². The summed E-state index contributed by atoms with van der Waals surface area (Å²) >= 11 is 0. The van der Waals surface area contributed by atoms with Gasteiger partial charge in [0.1, 0.15) is 5.75 Å². The Bertz CT molecular complexity index is 486. The number of carbonyl (C=O) groups excluding carboxylic acids is 2. The Kier molecular flexibility index (Phi) is 7.96. The molecule has 0 saturated heterocycles. The Morgan fingerprint density at radius 3 is 2.13 bits per heavy atom. The molecule has 1 aromatic rings. The van der Waals surface area contributed by atoms with Crippen molar-refractivity contribution >= 4 is 6.15 Å². The monoisotopic (exact) mass is 321 g/mol. The predicted molar refractivity (Wildman–Crippen MR) is 87.3 cm³/mol. The molecule has 2 rings (SSSR count). The van der Waals surface area contributed by atoms with Crippen molar-refractivity contribution < 1.29 is 19.4 Å². The van der Waals surface area contributed by atoms with Crippen molar-refractivity contribution in [1.82, 2.24) is 4.90 Å². The summed E-state index contributed by atoms with van der Waals surface area (Å²) in [6, 6.07) is 8.17. The molecule has 0 radical (unpaired) electrons. The fraction of sp³-hybridized carbons (Fsp3) is 0.611. The van der Waals surface area contributed by atoms with Gasteiger partial charge in [0.2, 0.25) is 0 Å². The van der Waals surface area contributed by atoms with E-state index in [9.17, 15) is 5.11 Å². The summed E-state index contributed by atoms with van der Waals surface area (Å²) < 4.78 is 5.23. The third-order valence-electron chi connectivity index (χ3n) is 4.43. The number of methoxy groups -OCH3 is 1. The van der Waals surface area contributed by atoms with Gasteiger partial charge in [0.15, 0.2) is 0 Å². The fourth-order valence-electron chi connectivity index (χ4n) is 3.30. The quantitative estimate of drug-likeness (QED) is 0.902. The zero-order valence-corrected chi connectivity index (χ0v) is 14.2. The number of ether oxygens (including phenoxy) is 1. The van der Waals surface area contributed by atoms with Gasteiger partial charge >= 0.3 is 6.15 Å². The summed E-state index contributed by atoms with van der Waals surface area (Å²) in [7, 11) is 5.83. The largest absolute Gasteiger partial charge is 0.497 e. The molecular weight excluding hydrogens is 294 g/mol. The van der Waals surface area contributed by atoms with Crippen LogP contribution >= 0.6 is 0 Å². The topological polar surface area (TPSA) is 66.8 Å². The smallest absolute Gasteiger partial charge is 0.373 e. The van der Waals surface area contributed by atoms with E-state index in [-0.39, 0.29) is 12.1 Å². The second-order valence-electron chi connectivity index (χ2n) is 6.34. The maximum absolute atomic E-state index is 11.1. The van der Waals surface area contributed by atoms with Gasteiger partial charge in [-0.2, -0.15) is 9.59 Å². The van der Waals surface area contributed by atoms with Crippen molar-refractivity contribution in [3.05, 3.63) is 29.8 Å². The molecule has 0 bridgehead atoms. The molecule has 1 aliphatic carbocycles. The normalized spacial score (nSPS) is 17.6. The molecule has 1 fully saturated rings. The van der Waals surface area contributed by atoms with Crippen LogP contribution in [0.4, 0.5) is 0 Å². The summed E-state index contributed by atoms with van der Waals surface area (Å²) in [6.45, 7) is 0.878. The summed E-state index contributed by atoms with van der Waals surface area (Å²) in [5.41, 5.74) is 0.654. The van der Waals surface area contributed by atoms with Crippen LogP contribution in [0.25, 0.3) is 0 Å². The van der Waals surface area contributed by atoms with E-state index in [0.29, 0.717) is 0 Å². The predicted octanol–water partition coefficient (Wildman–Crippen LogP) is 2.45. The van der Waals surface area contributed by atoms with Gasteiger partial charge < -0.3 is 14.7 Å². The molecule has 0 heterocycles. The lowest BCUT2D eigenvalue weighted by molar-refractivity contribution is -0.191. The van der Waals surface area contributed by atoms with Crippen molar-refractivity contribution in [2.75, 3.05) is 27.7 Å². The van der Waals surface area contributed by atoms with E-state index >= 15 is 0 Å². The van der Waals surface area contributed by atoms with Crippen LogP contribution in [0.3, 0.4) is 0 Å². The minimum absolute atomic E-state index is 0.170. The highest BCUT2D eigenvalue weighted by molar-refractivity contribution is 5.31. The Labute approximate surface area is 138 Å². The van der Waals surface area contributed by atoms with Gasteiger partial charge in [-0.1, -0.05) is 31.4 Å². The molecule has 0 aromatic heterocycles. The fourth-order valence-corrected chi connectivity index (χ4v) is 3.30. The first-order valence-electron chi connectivity index (χ1n) is 7.97. The van der Waals surface area contributed by atoms with Crippen molar-refractivity contribution in [3.8, 4) is 5.75 Å². The molecule has 1 unspecified atom stereocenters. The van der Waals surface area contributed by atoms with E-state index in [1.165, 1.54) is 12.0 Å². The SMILES string of the molecule is COc1ccc(C(CN(C)C)C2(O)CCCCC2)cc1.O=C=O. The minimum Gasteiger partial charge on any atom is -0.497 e. The molecular formula is C18H27NO4. The van der Waals surface area contributed by atoms with Crippen molar-refractivity contribution in [3.63, 3.8) is 0 Å². The second kappa shape index (κ2) is 9.46. The first-order chi connectivity index (χ1) is 11.0. The van der Waals surface area contributed by atoms with Gasteiger partial charge in [0.05, 0.1) is 12.7 Å². The molecule has 1 aromatic carbocycles. The third kappa shape index (κ3) is 5.79. The van der Waals surface area contributed by atoms with Gasteiger partial charge in [-0.05, 0) is 44.6 Å². The van der Waals surface area contributed by atoms with Gasteiger partial charge in [0, 0.05) is 12.5 Å². The lowest BCUT2D eigenvalue weighted by atomic mass is 9.72. The molecule has 1 aliphatic rings. The molecule has 1 atom stereocenters. The van der Waals surface area contributed by atoms with E-state index in [2.05, 4.69) is 31.1 Å². The van der Waals surface area contributed by atoms with E-state index in [0.717, 1.165) is 38.0 Å². The van der Waals surface area contributed by atoms with Crippen LogP contribution in [0.1, 0.15) is 43.6 Å². The van der Waals surface area contributed by atoms with Gasteiger partial charge in [-0.25, -0.2) is 0 Å². The molecule has 23 heavy (non-hydrogen) atoms. The highest BCUT2D eigenvalue weighted by atomic mass is 16.5. The van der Waals surface area contributed by atoms with Gasteiger partial charge in [-0.15, -0.1) is 0 Å². The van der Waals surface area contributed by atoms with Crippen LogP contribution in [-0.4, -0.2) is 49.5 Å². The molecule has 1 N–H and O–H groups in total. The summed E-state index contributed by atoms with van der Waals surface area (Å²) in [4.78, 5) is 18.4. The van der Waals surface area contributed by atoms with Crippen LogP contribution in [0.15, 0.2) is 24.3 Å². The van der Waals surface area contributed by atoms with Crippen molar-refractivity contribution in [2.45, 2.75) is 43.6 Å². The first kappa shape index (κ1) is 19.4. The number of rotatable bonds is 5. The number of hydrogen-bond acceptors (Lipinski definition) is 5. The van der Waals surface area contributed by atoms with E-state index in [4.69, 9.17) is 14.3 Å². The number of benzene rings is 1. The molecule has 0 aliphatic heterocycles. The Hall–Kier alpha value is -1.68. The third-order valence-corrected chi connectivity index (χ3v) is 4.43. The zero-order valence-electron chi connectivity index (χ0n) is 14.2. The molecule has 0 amide bonds. The van der Waals surface area contributed by atoms with Crippen LogP contribution in [0.5, 0.6) is 5.75 Å². The maximum atomic E-state index is 11.1. The molecule has 5 nitrogen and oxygen atoms in total. The summed E-state index contributed by atoms with van der Waals surface area (Å²) in [5.74, 6) is 1.04. The Morgan fingerprint density at radius 2 is 1.70 bits per heavy atom. The standard InChI is InChI=1S/C17H27NO2.CO2/c1-18(2)13-16(17(19)11-5-4-6-12-17)14-7-9-15(20-3)10-8-14;2-1-3/h7-10,16,19H,4-6,11-13H2,1-3H3;. The van der Waals surface area contributed by atoms with Gasteiger partial charge in [-0.3, -0.25) is 0 Å². The second-order valence-corrected chi connectivity index (χ2v) is 6.34. The maximum Gasteiger partial charge on any atom is 0.373 e. The summed E-state index contributed by atoms with van der Waals surface area (Å²) in [5, 5.41) is 11.1. The van der Waals surface area contributed by atoms with Crippen molar-refractivity contribution in [2.24, 2.45) is 0 Å². The average Bonchev–Trinajstić information content (AvgIpc) is 2.54. The van der Waals surface area contributed by atoms with E-state index < -0.39 is 5.60 Å². The Balaban J connectivity index is 0.000000816. The first-order valence-corrected chi connectivity index (χ1v) is 7.97. The van der Waals surface area contributed by atoms with Crippen LogP contribution in [0.2, 0.25) is 0 Å². The number of aliphatic hydroxyl groups is 1. The van der Waals surface area contributed by atoms with Gasteiger partial charge in [0.25, 0.3) is 0 Å². The lowest BCUT2D eigenvalue weighted by Crippen LogP contribution is -2.42. The minimum atomic E-state index is -0.558. The lowest BCUT2D eigenvalue weighted by Gasteiger charge is -2.40. The summed E-state index contributed by atoms with van der Waals surface area (Å²) in [6.07, 6.45) is 5.60. The molecule has 128 valence electrons. The molecule has 5 heteroatoms. The molecule has 1 saturated carbocycles. The van der Waals surface area contributed by atoms with E-state index in [1.807, 2.05) is 12.1 Å². The number of hydrogen-bond donors (Lipinski definition) is 1. The highest BCUT2D eigenvalue weighted by Gasteiger charge is 2.38. The zero-order chi connectivity index (χ0) is 17.3. The van der Waals surface area contributed by atoms with Crippen molar-refractivity contribution in [1.29, 1.82) is 0 Å². The van der Waals surface area contributed by atoms with Crippen LogP contribution in [-0.2, 0) is 9.59 Å².